The lowest BCUT2D eigenvalue weighted by Gasteiger charge is -2.18. The van der Waals surface area contributed by atoms with E-state index in [1.54, 1.807) is 0 Å². The normalized spacial score (nSPS) is 13.7. The summed E-state index contributed by atoms with van der Waals surface area (Å²) in [6, 6.07) is 4.02. The van der Waals surface area contributed by atoms with Crippen LogP contribution < -0.4 is 15.2 Å². The number of ether oxygens (including phenoxy) is 3. The van der Waals surface area contributed by atoms with Crippen molar-refractivity contribution in [3.8, 4) is 11.5 Å². The first-order valence-electron chi connectivity index (χ1n) is 8.40. The Morgan fingerprint density at radius 3 is 2.74 bits per heavy atom. The summed E-state index contributed by atoms with van der Waals surface area (Å²) in [5, 5.41) is 0. The van der Waals surface area contributed by atoms with Crippen molar-refractivity contribution in [2.75, 3.05) is 33.0 Å². The fraction of sp³-hybridized carbons (Fsp3) is 0.588. The maximum absolute atomic E-state index is 5.71. The minimum absolute atomic E-state index is 0.548. The van der Waals surface area contributed by atoms with E-state index < -0.39 is 0 Å². The quantitative estimate of drug-likeness (QED) is 0.755. The van der Waals surface area contributed by atoms with E-state index in [4.69, 9.17) is 24.9 Å². The first-order valence-corrected chi connectivity index (χ1v) is 8.40. The van der Waals surface area contributed by atoms with Gasteiger partial charge < -0.3 is 24.5 Å². The minimum atomic E-state index is 0.548. The fourth-order valence-electron chi connectivity index (χ4n) is 2.83. The second-order valence-corrected chi connectivity index (χ2v) is 5.67. The first kappa shape index (κ1) is 16.1. The highest BCUT2D eigenvalue weighted by molar-refractivity contribution is 5.80. The monoisotopic (exact) mass is 319 g/mol. The zero-order valence-electron chi connectivity index (χ0n) is 13.7. The summed E-state index contributed by atoms with van der Waals surface area (Å²) in [6.07, 6.45) is 3.24. The molecule has 23 heavy (non-hydrogen) atoms. The van der Waals surface area contributed by atoms with Gasteiger partial charge in [-0.3, -0.25) is 0 Å². The van der Waals surface area contributed by atoms with Crippen LogP contribution in [0.3, 0.4) is 0 Å². The molecule has 1 aromatic heterocycles. The van der Waals surface area contributed by atoms with E-state index in [0.29, 0.717) is 33.0 Å². The summed E-state index contributed by atoms with van der Waals surface area (Å²) >= 11 is 0. The summed E-state index contributed by atoms with van der Waals surface area (Å²) in [5.74, 6) is 2.69. The van der Waals surface area contributed by atoms with Crippen LogP contribution in [0.15, 0.2) is 12.1 Å². The SMILES string of the molecule is CCCCc1nc2cc3c(cc2n1CCOCCN)OCCO3. The molecule has 0 aliphatic carbocycles. The largest absolute Gasteiger partial charge is 0.486 e. The minimum Gasteiger partial charge on any atom is -0.486 e. The van der Waals surface area contributed by atoms with E-state index in [9.17, 15) is 0 Å². The number of rotatable bonds is 8. The lowest BCUT2D eigenvalue weighted by molar-refractivity contribution is 0.133. The molecule has 1 aliphatic rings. The molecule has 0 unspecified atom stereocenters. The molecule has 2 heterocycles. The molecule has 1 aromatic carbocycles. The second kappa shape index (κ2) is 7.66. The summed E-state index contributed by atoms with van der Waals surface area (Å²) < 4.78 is 19.2. The molecule has 3 rings (SSSR count). The summed E-state index contributed by atoms with van der Waals surface area (Å²) in [4.78, 5) is 4.80. The molecule has 126 valence electrons. The van der Waals surface area contributed by atoms with Crippen molar-refractivity contribution in [2.45, 2.75) is 32.7 Å². The number of hydrogen-bond donors (Lipinski definition) is 1. The van der Waals surface area contributed by atoms with Crippen molar-refractivity contribution in [3.63, 3.8) is 0 Å². The molecular weight excluding hydrogens is 294 g/mol. The average Bonchev–Trinajstić information content (AvgIpc) is 2.91. The number of nitrogens with zero attached hydrogens (tertiary/aromatic N) is 2. The van der Waals surface area contributed by atoms with Crippen LogP contribution in [0.4, 0.5) is 0 Å². The van der Waals surface area contributed by atoms with Gasteiger partial charge in [0.2, 0.25) is 0 Å². The van der Waals surface area contributed by atoms with Crippen LogP contribution in [0.25, 0.3) is 11.0 Å². The van der Waals surface area contributed by atoms with Crippen LogP contribution in [0.2, 0.25) is 0 Å². The number of imidazole rings is 1. The Kier molecular flexibility index (Phi) is 5.35. The van der Waals surface area contributed by atoms with Crippen molar-refractivity contribution < 1.29 is 14.2 Å². The Bertz CT molecular complexity index is 654. The van der Waals surface area contributed by atoms with E-state index in [-0.39, 0.29) is 0 Å². The third-order valence-electron chi connectivity index (χ3n) is 3.97. The topological polar surface area (TPSA) is 71.5 Å². The molecule has 0 atom stereocenters. The number of benzene rings is 1. The summed E-state index contributed by atoms with van der Waals surface area (Å²) in [7, 11) is 0. The van der Waals surface area contributed by atoms with Gasteiger partial charge in [-0.15, -0.1) is 0 Å². The third-order valence-corrected chi connectivity index (χ3v) is 3.97. The predicted molar refractivity (Wildman–Crippen MR) is 89.2 cm³/mol. The molecule has 0 bridgehead atoms. The molecular formula is C17H25N3O3. The van der Waals surface area contributed by atoms with Gasteiger partial charge in [-0.25, -0.2) is 4.98 Å². The average molecular weight is 319 g/mol. The van der Waals surface area contributed by atoms with Gasteiger partial charge in [-0.05, 0) is 6.42 Å². The maximum atomic E-state index is 5.71. The lowest BCUT2D eigenvalue weighted by atomic mass is 10.2. The molecule has 0 saturated carbocycles. The van der Waals surface area contributed by atoms with Crippen molar-refractivity contribution in [2.24, 2.45) is 5.73 Å². The van der Waals surface area contributed by atoms with Gasteiger partial charge in [0.25, 0.3) is 0 Å². The van der Waals surface area contributed by atoms with Gasteiger partial charge >= 0.3 is 0 Å². The van der Waals surface area contributed by atoms with E-state index in [1.165, 1.54) is 0 Å². The highest BCUT2D eigenvalue weighted by Gasteiger charge is 2.17. The molecule has 6 nitrogen and oxygen atoms in total. The Labute approximate surface area is 136 Å². The molecule has 6 heteroatoms. The van der Waals surface area contributed by atoms with E-state index in [2.05, 4.69) is 11.5 Å². The number of aromatic nitrogens is 2. The Hall–Kier alpha value is -1.79. The van der Waals surface area contributed by atoms with Crippen LogP contribution in [-0.4, -0.2) is 42.5 Å². The smallest absolute Gasteiger partial charge is 0.163 e. The Morgan fingerprint density at radius 1 is 1.22 bits per heavy atom. The number of aryl methyl sites for hydroxylation is 1. The molecule has 0 saturated heterocycles. The number of fused-ring (bicyclic) bond motifs is 2. The third kappa shape index (κ3) is 3.59. The molecule has 0 spiro atoms. The Morgan fingerprint density at radius 2 is 2.00 bits per heavy atom. The van der Waals surface area contributed by atoms with Crippen LogP contribution in [0.1, 0.15) is 25.6 Å². The number of nitrogens with two attached hydrogens (primary N) is 1. The zero-order valence-corrected chi connectivity index (χ0v) is 13.7. The van der Waals surface area contributed by atoms with Crippen molar-refractivity contribution in [3.05, 3.63) is 18.0 Å². The van der Waals surface area contributed by atoms with Crippen molar-refractivity contribution in [1.82, 2.24) is 9.55 Å². The van der Waals surface area contributed by atoms with Crippen LogP contribution in [0.5, 0.6) is 11.5 Å². The van der Waals surface area contributed by atoms with Crippen molar-refractivity contribution >= 4 is 11.0 Å². The van der Waals surface area contributed by atoms with E-state index >= 15 is 0 Å². The van der Waals surface area contributed by atoms with E-state index in [1.807, 2.05) is 12.1 Å². The Balaban J connectivity index is 1.91. The summed E-state index contributed by atoms with van der Waals surface area (Å²) in [5.41, 5.74) is 7.51. The molecule has 1 aliphatic heterocycles. The molecule has 0 fully saturated rings. The first-order chi connectivity index (χ1) is 11.3. The van der Waals surface area contributed by atoms with Gasteiger partial charge in [0, 0.05) is 31.6 Å². The van der Waals surface area contributed by atoms with Crippen molar-refractivity contribution in [1.29, 1.82) is 0 Å². The predicted octanol–water partition coefficient (Wildman–Crippen LogP) is 2.13. The molecule has 2 N–H and O–H groups in total. The van der Waals surface area contributed by atoms with Gasteiger partial charge in [0.05, 0.1) is 24.2 Å². The highest BCUT2D eigenvalue weighted by atomic mass is 16.6. The zero-order chi connectivity index (χ0) is 16.1. The molecule has 0 amide bonds. The summed E-state index contributed by atoms with van der Waals surface area (Å²) in [6.45, 7) is 5.92. The van der Waals surface area contributed by atoms with E-state index in [0.717, 1.165) is 54.2 Å². The van der Waals surface area contributed by atoms with Gasteiger partial charge in [0.15, 0.2) is 11.5 Å². The fourth-order valence-corrected chi connectivity index (χ4v) is 2.83. The number of unbranched alkanes of at least 4 members (excludes halogenated alkanes) is 1. The van der Waals surface area contributed by atoms with Gasteiger partial charge in [0.1, 0.15) is 19.0 Å². The van der Waals surface area contributed by atoms with Crippen LogP contribution >= 0.6 is 0 Å². The number of hydrogen-bond acceptors (Lipinski definition) is 5. The highest BCUT2D eigenvalue weighted by Crippen LogP contribution is 2.35. The molecule has 0 radical (unpaired) electrons. The lowest BCUT2D eigenvalue weighted by Crippen LogP contribution is -2.16. The maximum Gasteiger partial charge on any atom is 0.163 e. The second-order valence-electron chi connectivity index (χ2n) is 5.67. The standard InChI is InChI=1S/C17H25N3O3/c1-2-3-4-17-19-13-11-15-16(23-10-9-22-15)12-14(13)20(17)6-8-21-7-5-18/h11-12H,2-10,18H2,1H3. The van der Waals surface area contributed by atoms with Gasteiger partial charge in [-0.1, -0.05) is 13.3 Å². The molecule has 2 aromatic rings. The van der Waals surface area contributed by atoms with Crippen LogP contribution in [0, 0.1) is 0 Å². The van der Waals surface area contributed by atoms with Crippen LogP contribution in [-0.2, 0) is 17.7 Å². The van der Waals surface area contributed by atoms with Gasteiger partial charge in [-0.2, -0.15) is 0 Å².